The minimum absolute atomic E-state index is 0.649. The lowest BCUT2D eigenvalue weighted by atomic mass is 9.90. The van der Waals surface area contributed by atoms with Crippen molar-refractivity contribution in [2.45, 2.75) is 25.4 Å². The zero-order valence-electron chi connectivity index (χ0n) is 11.7. The van der Waals surface area contributed by atoms with Crippen molar-refractivity contribution in [1.82, 2.24) is 5.32 Å². The lowest BCUT2D eigenvalue weighted by Gasteiger charge is -2.26. The predicted octanol–water partition coefficient (Wildman–Crippen LogP) is 1.46. The smallest absolute Gasteiger partial charge is 0.128 e. The molecule has 0 aliphatic carbocycles. The lowest BCUT2D eigenvalue weighted by Crippen LogP contribution is -2.29. The van der Waals surface area contributed by atoms with E-state index in [9.17, 15) is 5.11 Å². The van der Waals surface area contributed by atoms with Gasteiger partial charge in [-0.05, 0) is 25.5 Å². The van der Waals surface area contributed by atoms with Crippen LogP contribution in [0.5, 0.6) is 5.75 Å². The van der Waals surface area contributed by atoms with Gasteiger partial charge in [-0.15, -0.1) is 0 Å². The van der Waals surface area contributed by atoms with Crippen LogP contribution in [0, 0.1) is 0 Å². The first-order chi connectivity index (χ1) is 9.15. The van der Waals surface area contributed by atoms with Gasteiger partial charge < -0.3 is 19.9 Å². The number of rotatable bonds is 7. The third kappa shape index (κ3) is 3.47. The number of methoxy groups -OCH3 is 1. The number of aliphatic hydroxyl groups is 1. The number of ether oxygens (including phenoxy) is 2. The molecule has 0 aromatic heterocycles. The average molecular weight is 265 g/mol. The predicted molar refractivity (Wildman–Crippen MR) is 74.6 cm³/mol. The van der Waals surface area contributed by atoms with Gasteiger partial charge in [0.1, 0.15) is 5.75 Å². The SMILES string of the molecule is COCCNCCC(C)(O)c1cccc2c1OCC2. The van der Waals surface area contributed by atoms with Crippen LogP contribution in [0.3, 0.4) is 0 Å². The summed E-state index contributed by atoms with van der Waals surface area (Å²) in [5, 5.41) is 13.9. The Morgan fingerprint density at radius 2 is 2.26 bits per heavy atom. The molecule has 1 aromatic carbocycles. The molecule has 2 N–H and O–H groups in total. The van der Waals surface area contributed by atoms with Crippen LogP contribution < -0.4 is 10.1 Å². The lowest BCUT2D eigenvalue weighted by molar-refractivity contribution is 0.0449. The van der Waals surface area contributed by atoms with E-state index >= 15 is 0 Å². The Balaban J connectivity index is 1.97. The zero-order chi connectivity index (χ0) is 13.7. The Hall–Kier alpha value is -1.10. The molecule has 106 valence electrons. The molecule has 0 saturated carbocycles. The second kappa shape index (κ2) is 6.37. The Labute approximate surface area is 114 Å². The minimum atomic E-state index is -0.865. The van der Waals surface area contributed by atoms with Crippen LogP contribution in [0.15, 0.2) is 18.2 Å². The number of fused-ring (bicyclic) bond motifs is 1. The van der Waals surface area contributed by atoms with Crippen LogP contribution in [0.2, 0.25) is 0 Å². The van der Waals surface area contributed by atoms with Crippen LogP contribution >= 0.6 is 0 Å². The third-order valence-corrected chi connectivity index (χ3v) is 3.57. The monoisotopic (exact) mass is 265 g/mol. The van der Waals surface area contributed by atoms with Crippen molar-refractivity contribution in [3.8, 4) is 5.75 Å². The van der Waals surface area contributed by atoms with Gasteiger partial charge in [0, 0.05) is 25.6 Å². The maximum atomic E-state index is 10.7. The summed E-state index contributed by atoms with van der Waals surface area (Å²) in [6.45, 7) is 4.80. The first-order valence-electron chi connectivity index (χ1n) is 6.82. The van der Waals surface area contributed by atoms with Crippen LogP contribution in [-0.2, 0) is 16.8 Å². The summed E-state index contributed by atoms with van der Waals surface area (Å²) in [7, 11) is 1.68. The molecular weight excluding hydrogens is 242 g/mol. The zero-order valence-corrected chi connectivity index (χ0v) is 11.7. The number of hydrogen-bond donors (Lipinski definition) is 2. The quantitative estimate of drug-likeness (QED) is 0.733. The molecular formula is C15H23NO3. The highest BCUT2D eigenvalue weighted by atomic mass is 16.5. The summed E-state index contributed by atoms with van der Waals surface area (Å²) in [6.07, 6.45) is 1.59. The summed E-state index contributed by atoms with van der Waals surface area (Å²) >= 11 is 0. The second-order valence-electron chi connectivity index (χ2n) is 5.16. The fourth-order valence-corrected chi connectivity index (χ4v) is 2.41. The van der Waals surface area contributed by atoms with Gasteiger partial charge in [0.2, 0.25) is 0 Å². The van der Waals surface area contributed by atoms with Gasteiger partial charge in [-0.25, -0.2) is 0 Å². The van der Waals surface area contributed by atoms with Gasteiger partial charge in [-0.1, -0.05) is 18.2 Å². The number of hydrogen-bond acceptors (Lipinski definition) is 4. The summed E-state index contributed by atoms with van der Waals surface area (Å²) in [6, 6.07) is 6.02. The van der Waals surface area contributed by atoms with Crippen LogP contribution in [0.25, 0.3) is 0 Å². The normalized spacial score (nSPS) is 16.8. The number of nitrogens with one attached hydrogen (secondary N) is 1. The number of benzene rings is 1. The molecule has 0 radical (unpaired) electrons. The van der Waals surface area contributed by atoms with Gasteiger partial charge in [-0.2, -0.15) is 0 Å². The van der Waals surface area contributed by atoms with Crippen LogP contribution in [-0.4, -0.2) is 38.5 Å². The summed E-state index contributed by atoms with van der Waals surface area (Å²) in [5.41, 5.74) is 1.23. The standard InChI is InChI=1S/C15H23NO3/c1-15(17,7-8-16-9-11-18-2)13-5-3-4-12-6-10-19-14(12)13/h3-5,16-17H,6-11H2,1-2H3. The molecule has 2 rings (SSSR count). The fourth-order valence-electron chi connectivity index (χ4n) is 2.41. The van der Waals surface area contributed by atoms with Crippen molar-refractivity contribution in [3.63, 3.8) is 0 Å². The molecule has 4 heteroatoms. The van der Waals surface area contributed by atoms with E-state index < -0.39 is 5.60 Å². The highest BCUT2D eigenvalue weighted by molar-refractivity contribution is 5.46. The second-order valence-corrected chi connectivity index (χ2v) is 5.16. The molecule has 1 heterocycles. The maximum Gasteiger partial charge on any atom is 0.128 e. The number of para-hydroxylation sites is 1. The minimum Gasteiger partial charge on any atom is -0.493 e. The van der Waals surface area contributed by atoms with Crippen molar-refractivity contribution in [2.24, 2.45) is 0 Å². The molecule has 19 heavy (non-hydrogen) atoms. The Kier molecular flexibility index (Phi) is 4.80. The first kappa shape index (κ1) is 14.3. The summed E-state index contributed by atoms with van der Waals surface area (Å²) in [5.74, 6) is 0.879. The molecule has 0 amide bonds. The van der Waals surface area contributed by atoms with Crippen molar-refractivity contribution in [3.05, 3.63) is 29.3 Å². The van der Waals surface area contributed by atoms with E-state index in [0.29, 0.717) is 19.6 Å². The van der Waals surface area contributed by atoms with E-state index in [4.69, 9.17) is 9.47 Å². The molecule has 1 unspecified atom stereocenters. The largest absolute Gasteiger partial charge is 0.493 e. The van der Waals surface area contributed by atoms with E-state index in [1.807, 2.05) is 19.1 Å². The van der Waals surface area contributed by atoms with Crippen LogP contribution in [0.1, 0.15) is 24.5 Å². The van der Waals surface area contributed by atoms with E-state index in [0.717, 1.165) is 30.8 Å². The van der Waals surface area contributed by atoms with Crippen molar-refractivity contribution in [1.29, 1.82) is 0 Å². The van der Waals surface area contributed by atoms with Crippen molar-refractivity contribution >= 4 is 0 Å². The summed E-state index contributed by atoms with van der Waals surface area (Å²) < 4.78 is 10.6. The maximum absolute atomic E-state index is 10.7. The van der Waals surface area contributed by atoms with Gasteiger partial charge in [0.15, 0.2) is 0 Å². The molecule has 4 nitrogen and oxygen atoms in total. The Bertz CT molecular complexity index is 418. The summed E-state index contributed by atoms with van der Waals surface area (Å²) in [4.78, 5) is 0. The van der Waals surface area contributed by atoms with E-state index in [-0.39, 0.29) is 0 Å². The van der Waals surface area contributed by atoms with E-state index in [1.165, 1.54) is 5.56 Å². The Morgan fingerprint density at radius 1 is 1.42 bits per heavy atom. The molecule has 1 aliphatic rings. The molecule has 1 atom stereocenters. The topological polar surface area (TPSA) is 50.7 Å². The molecule has 1 aromatic rings. The molecule has 0 fully saturated rings. The third-order valence-electron chi connectivity index (χ3n) is 3.57. The molecule has 0 bridgehead atoms. The molecule has 0 saturated heterocycles. The molecule has 1 aliphatic heterocycles. The van der Waals surface area contributed by atoms with Gasteiger partial charge in [0.25, 0.3) is 0 Å². The van der Waals surface area contributed by atoms with Gasteiger partial charge >= 0.3 is 0 Å². The highest BCUT2D eigenvalue weighted by Gasteiger charge is 2.29. The average Bonchev–Trinajstić information content (AvgIpc) is 2.86. The highest BCUT2D eigenvalue weighted by Crippen LogP contribution is 2.37. The fraction of sp³-hybridized carbons (Fsp3) is 0.600. The van der Waals surface area contributed by atoms with Gasteiger partial charge in [0.05, 0.1) is 18.8 Å². The van der Waals surface area contributed by atoms with E-state index in [2.05, 4.69) is 11.4 Å². The van der Waals surface area contributed by atoms with Crippen molar-refractivity contribution in [2.75, 3.05) is 33.4 Å². The first-order valence-corrected chi connectivity index (χ1v) is 6.82. The van der Waals surface area contributed by atoms with Crippen LogP contribution in [0.4, 0.5) is 0 Å². The Morgan fingerprint density at radius 3 is 3.05 bits per heavy atom. The molecule has 0 spiro atoms. The van der Waals surface area contributed by atoms with Gasteiger partial charge in [-0.3, -0.25) is 0 Å². The van der Waals surface area contributed by atoms with Crippen molar-refractivity contribution < 1.29 is 14.6 Å². The van der Waals surface area contributed by atoms with E-state index in [1.54, 1.807) is 7.11 Å².